The summed E-state index contributed by atoms with van der Waals surface area (Å²) in [4.78, 5) is 12.4. The number of anilines is 1. The highest BCUT2D eigenvalue weighted by Crippen LogP contribution is 2.24. The predicted octanol–water partition coefficient (Wildman–Crippen LogP) is 3.97. The van der Waals surface area contributed by atoms with Crippen molar-refractivity contribution in [2.45, 2.75) is 4.90 Å². The molecule has 0 saturated heterocycles. The third-order valence-electron chi connectivity index (χ3n) is 4.29. The molecule has 0 saturated carbocycles. The maximum Gasteiger partial charge on any atom is 0.271 e. The van der Waals surface area contributed by atoms with Gasteiger partial charge in [0.05, 0.1) is 23.3 Å². The van der Waals surface area contributed by atoms with E-state index in [1.165, 1.54) is 65.1 Å². The van der Waals surface area contributed by atoms with Gasteiger partial charge in [-0.25, -0.2) is 18.2 Å². The third-order valence-corrected chi connectivity index (χ3v) is 6.10. The van der Waals surface area contributed by atoms with Crippen LogP contribution in [-0.4, -0.2) is 27.1 Å². The summed E-state index contributed by atoms with van der Waals surface area (Å²) < 4.78 is 40.1. The van der Waals surface area contributed by atoms with E-state index in [9.17, 15) is 17.6 Å². The average Bonchev–Trinajstić information content (AvgIpc) is 2.79. The first-order valence-corrected chi connectivity index (χ1v) is 10.7. The Bertz CT molecular complexity index is 1180. The third kappa shape index (κ3) is 5.43. The van der Waals surface area contributed by atoms with Crippen LogP contribution in [0.15, 0.2) is 102 Å². The SMILES string of the molecule is C=CCN(c1ccc(C(=O)N/N=C\c2ccc(F)cc2)cc1)S(=O)(=O)c1ccccc1. The molecule has 0 aliphatic carbocycles. The second kappa shape index (κ2) is 9.82. The van der Waals surface area contributed by atoms with Crippen LogP contribution in [0, 0.1) is 5.82 Å². The van der Waals surface area contributed by atoms with Gasteiger partial charge in [0.1, 0.15) is 5.82 Å². The summed E-state index contributed by atoms with van der Waals surface area (Å²) in [5.74, 6) is -0.827. The van der Waals surface area contributed by atoms with Gasteiger partial charge in [-0.1, -0.05) is 36.4 Å². The van der Waals surface area contributed by atoms with E-state index >= 15 is 0 Å². The van der Waals surface area contributed by atoms with Gasteiger partial charge in [0.2, 0.25) is 0 Å². The quantitative estimate of drug-likeness (QED) is 0.329. The van der Waals surface area contributed by atoms with Crippen LogP contribution in [0.2, 0.25) is 0 Å². The molecular formula is C23H20FN3O3S. The first kappa shape index (κ1) is 21.9. The highest BCUT2D eigenvalue weighted by molar-refractivity contribution is 7.92. The van der Waals surface area contributed by atoms with Gasteiger partial charge in [0.15, 0.2) is 0 Å². The number of nitrogens with one attached hydrogen (secondary N) is 1. The molecular weight excluding hydrogens is 417 g/mol. The zero-order valence-corrected chi connectivity index (χ0v) is 17.3. The maximum atomic E-state index is 13.0. The number of sulfonamides is 1. The van der Waals surface area contributed by atoms with Crippen molar-refractivity contribution in [3.8, 4) is 0 Å². The number of carbonyl (C=O) groups is 1. The zero-order valence-electron chi connectivity index (χ0n) is 16.5. The van der Waals surface area contributed by atoms with Crippen LogP contribution in [0.5, 0.6) is 0 Å². The largest absolute Gasteiger partial charge is 0.271 e. The Kier molecular flexibility index (Phi) is 6.94. The van der Waals surface area contributed by atoms with Crippen LogP contribution in [0.25, 0.3) is 0 Å². The number of rotatable bonds is 8. The molecule has 3 aromatic carbocycles. The van der Waals surface area contributed by atoms with Crippen molar-refractivity contribution in [3.05, 3.63) is 108 Å². The molecule has 0 aromatic heterocycles. The number of nitrogens with zero attached hydrogens (tertiary/aromatic N) is 2. The summed E-state index contributed by atoms with van der Waals surface area (Å²) in [6.07, 6.45) is 2.88. The summed E-state index contributed by atoms with van der Waals surface area (Å²) >= 11 is 0. The molecule has 1 amide bonds. The monoisotopic (exact) mass is 437 g/mol. The molecule has 0 bridgehead atoms. The molecule has 0 fully saturated rings. The van der Waals surface area contributed by atoms with E-state index < -0.39 is 15.9 Å². The smallest absolute Gasteiger partial charge is 0.267 e. The molecule has 3 aromatic rings. The van der Waals surface area contributed by atoms with Crippen molar-refractivity contribution < 1.29 is 17.6 Å². The fourth-order valence-corrected chi connectivity index (χ4v) is 4.19. The summed E-state index contributed by atoms with van der Waals surface area (Å²) in [6.45, 7) is 3.71. The van der Waals surface area contributed by atoms with Gasteiger partial charge in [0.25, 0.3) is 15.9 Å². The molecule has 3 rings (SSSR count). The Morgan fingerprint density at radius 3 is 2.26 bits per heavy atom. The molecule has 0 aliphatic rings. The number of carbonyl (C=O) groups excluding carboxylic acids is 1. The lowest BCUT2D eigenvalue weighted by Gasteiger charge is -2.23. The molecule has 0 spiro atoms. The minimum Gasteiger partial charge on any atom is -0.267 e. The average molecular weight is 437 g/mol. The fourth-order valence-electron chi connectivity index (χ4n) is 2.74. The highest BCUT2D eigenvalue weighted by Gasteiger charge is 2.23. The number of halogens is 1. The molecule has 0 unspecified atom stereocenters. The second-order valence-electron chi connectivity index (χ2n) is 6.44. The lowest BCUT2D eigenvalue weighted by atomic mass is 10.2. The molecule has 0 atom stereocenters. The molecule has 8 heteroatoms. The van der Waals surface area contributed by atoms with Gasteiger partial charge in [0, 0.05) is 5.56 Å². The van der Waals surface area contributed by atoms with Gasteiger partial charge in [-0.2, -0.15) is 5.10 Å². The van der Waals surface area contributed by atoms with Crippen LogP contribution in [0.1, 0.15) is 15.9 Å². The van der Waals surface area contributed by atoms with Crippen LogP contribution in [0.3, 0.4) is 0 Å². The van der Waals surface area contributed by atoms with Crippen LogP contribution in [0.4, 0.5) is 10.1 Å². The van der Waals surface area contributed by atoms with Gasteiger partial charge >= 0.3 is 0 Å². The normalized spacial score (nSPS) is 11.3. The van der Waals surface area contributed by atoms with Gasteiger partial charge in [-0.3, -0.25) is 9.10 Å². The lowest BCUT2D eigenvalue weighted by molar-refractivity contribution is 0.0955. The van der Waals surface area contributed by atoms with E-state index in [1.54, 1.807) is 30.3 Å². The fraction of sp³-hybridized carbons (Fsp3) is 0.0435. The molecule has 1 N–H and O–H groups in total. The van der Waals surface area contributed by atoms with Crippen LogP contribution >= 0.6 is 0 Å². The molecule has 31 heavy (non-hydrogen) atoms. The number of amides is 1. The van der Waals surface area contributed by atoms with E-state index in [0.29, 0.717) is 16.8 Å². The summed E-state index contributed by atoms with van der Waals surface area (Å²) in [6, 6.07) is 19.8. The summed E-state index contributed by atoms with van der Waals surface area (Å²) in [5.41, 5.74) is 3.71. The Balaban J connectivity index is 1.74. The highest BCUT2D eigenvalue weighted by atomic mass is 32.2. The van der Waals surface area contributed by atoms with Crippen molar-refractivity contribution in [2.24, 2.45) is 5.10 Å². The number of hydrazone groups is 1. The minimum atomic E-state index is -3.79. The topological polar surface area (TPSA) is 78.8 Å². The number of hydrogen-bond acceptors (Lipinski definition) is 4. The molecule has 0 heterocycles. The standard InChI is InChI=1S/C23H20FN3O3S/c1-2-16-27(31(29,30)22-6-4-3-5-7-22)21-14-10-19(11-15-21)23(28)26-25-17-18-8-12-20(24)13-9-18/h2-15,17H,1,16H2,(H,26,28)/b25-17-. The molecule has 6 nitrogen and oxygen atoms in total. The Morgan fingerprint density at radius 1 is 1.00 bits per heavy atom. The van der Waals surface area contributed by atoms with E-state index in [4.69, 9.17) is 0 Å². The minimum absolute atomic E-state index is 0.0741. The van der Waals surface area contributed by atoms with Crippen molar-refractivity contribution in [3.63, 3.8) is 0 Å². The van der Waals surface area contributed by atoms with E-state index in [1.807, 2.05) is 0 Å². The Labute approximate surface area is 180 Å². The van der Waals surface area contributed by atoms with Crippen LogP contribution in [-0.2, 0) is 10.0 Å². The van der Waals surface area contributed by atoms with E-state index in [2.05, 4.69) is 17.1 Å². The summed E-state index contributed by atoms with van der Waals surface area (Å²) in [5, 5.41) is 3.85. The van der Waals surface area contributed by atoms with E-state index in [0.717, 1.165) is 0 Å². The van der Waals surface area contributed by atoms with Crippen molar-refractivity contribution >= 4 is 27.8 Å². The zero-order chi connectivity index (χ0) is 22.3. The first-order chi connectivity index (χ1) is 14.9. The predicted molar refractivity (Wildman–Crippen MR) is 119 cm³/mol. The van der Waals surface area contributed by atoms with Gasteiger partial charge in [-0.05, 0) is 54.1 Å². The second-order valence-corrected chi connectivity index (χ2v) is 8.30. The van der Waals surface area contributed by atoms with Crippen molar-refractivity contribution in [1.29, 1.82) is 0 Å². The van der Waals surface area contributed by atoms with Crippen molar-refractivity contribution in [1.82, 2.24) is 5.43 Å². The van der Waals surface area contributed by atoms with Crippen molar-refractivity contribution in [2.75, 3.05) is 10.8 Å². The van der Waals surface area contributed by atoms with Gasteiger partial charge < -0.3 is 0 Å². The Morgan fingerprint density at radius 2 is 1.65 bits per heavy atom. The molecule has 158 valence electrons. The maximum absolute atomic E-state index is 13.0. The molecule has 0 radical (unpaired) electrons. The van der Waals surface area contributed by atoms with Gasteiger partial charge in [-0.15, -0.1) is 6.58 Å². The first-order valence-electron chi connectivity index (χ1n) is 9.29. The van der Waals surface area contributed by atoms with Crippen LogP contribution < -0.4 is 9.73 Å². The number of benzene rings is 3. The number of hydrogen-bond donors (Lipinski definition) is 1. The lowest BCUT2D eigenvalue weighted by Crippen LogP contribution is -2.31. The summed E-state index contributed by atoms with van der Waals surface area (Å²) in [7, 11) is -3.79. The molecule has 0 aliphatic heterocycles. The Hall–Kier alpha value is -3.78. The van der Waals surface area contributed by atoms with E-state index in [-0.39, 0.29) is 17.3 Å².